The Morgan fingerprint density at radius 1 is 1.53 bits per heavy atom. The molecule has 0 aromatic rings. The number of carboxylic acid groups (broad SMARTS) is 1. The lowest BCUT2D eigenvalue weighted by atomic mass is 9.70. The minimum atomic E-state index is -0.792. The summed E-state index contributed by atoms with van der Waals surface area (Å²) in [6, 6.07) is 0. The molecule has 1 aliphatic heterocycles. The van der Waals surface area contributed by atoms with E-state index in [-0.39, 0.29) is 10.8 Å². The van der Waals surface area contributed by atoms with Gasteiger partial charge in [0.2, 0.25) is 0 Å². The van der Waals surface area contributed by atoms with E-state index in [9.17, 15) is 4.79 Å². The Balaban J connectivity index is 2.31. The summed E-state index contributed by atoms with van der Waals surface area (Å²) in [5.74, 6) is 0.684. The minimum Gasteiger partial charge on any atom is -0.465 e. The number of rotatable bonds is 1. The molecular formula is C12H19NO2. The maximum atomic E-state index is 11.0. The first-order valence-corrected chi connectivity index (χ1v) is 5.54. The van der Waals surface area contributed by atoms with Crippen molar-refractivity contribution in [2.24, 2.45) is 16.7 Å². The molecule has 0 bridgehead atoms. The lowest BCUT2D eigenvalue weighted by Crippen LogP contribution is -2.31. The molecule has 1 heterocycles. The molecule has 1 amide bonds. The smallest absolute Gasteiger partial charge is 0.407 e. The van der Waals surface area contributed by atoms with Crippen molar-refractivity contribution >= 4 is 6.09 Å². The molecule has 3 nitrogen and oxygen atoms in total. The van der Waals surface area contributed by atoms with Gasteiger partial charge in [0.15, 0.2) is 0 Å². The highest BCUT2D eigenvalue weighted by molar-refractivity contribution is 5.66. The number of hydrogen-bond donors (Lipinski definition) is 1. The van der Waals surface area contributed by atoms with Crippen LogP contribution in [-0.2, 0) is 0 Å². The van der Waals surface area contributed by atoms with Gasteiger partial charge in [-0.15, -0.1) is 6.58 Å². The van der Waals surface area contributed by atoms with Gasteiger partial charge in [-0.2, -0.15) is 0 Å². The van der Waals surface area contributed by atoms with Gasteiger partial charge in [0.25, 0.3) is 0 Å². The van der Waals surface area contributed by atoms with Crippen LogP contribution in [0.1, 0.15) is 26.7 Å². The molecular weight excluding hydrogens is 190 g/mol. The van der Waals surface area contributed by atoms with Crippen molar-refractivity contribution < 1.29 is 9.90 Å². The number of carbonyl (C=O) groups is 1. The van der Waals surface area contributed by atoms with Crippen molar-refractivity contribution in [3.63, 3.8) is 0 Å². The first-order chi connectivity index (χ1) is 6.92. The van der Waals surface area contributed by atoms with Crippen LogP contribution in [0, 0.1) is 16.7 Å². The summed E-state index contributed by atoms with van der Waals surface area (Å²) >= 11 is 0. The van der Waals surface area contributed by atoms with Gasteiger partial charge in [-0.1, -0.05) is 19.9 Å². The Bertz CT molecular complexity index is 315. The molecule has 0 spiro atoms. The Labute approximate surface area is 90.8 Å². The van der Waals surface area contributed by atoms with E-state index in [2.05, 4.69) is 20.4 Å². The van der Waals surface area contributed by atoms with Crippen LogP contribution < -0.4 is 0 Å². The summed E-state index contributed by atoms with van der Waals surface area (Å²) in [5, 5.41) is 9.05. The molecule has 0 aromatic carbocycles. The summed E-state index contributed by atoms with van der Waals surface area (Å²) in [4.78, 5) is 12.6. The van der Waals surface area contributed by atoms with Crippen molar-refractivity contribution in [3.05, 3.63) is 12.7 Å². The van der Waals surface area contributed by atoms with Gasteiger partial charge in [0.1, 0.15) is 0 Å². The number of hydrogen-bond acceptors (Lipinski definition) is 1. The van der Waals surface area contributed by atoms with Gasteiger partial charge in [-0.05, 0) is 24.2 Å². The summed E-state index contributed by atoms with van der Waals surface area (Å²) in [5.41, 5.74) is 0.122. The fourth-order valence-corrected chi connectivity index (χ4v) is 3.74. The second kappa shape index (κ2) is 3.00. The van der Waals surface area contributed by atoms with E-state index < -0.39 is 6.09 Å². The van der Waals surface area contributed by atoms with Gasteiger partial charge in [0, 0.05) is 18.5 Å². The minimum absolute atomic E-state index is 0.0187. The highest BCUT2D eigenvalue weighted by atomic mass is 16.4. The van der Waals surface area contributed by atoms with E-state index in [1.54, 1.807) is 4.90 Å². The maximum absolute atomic E-state index is 11.0. The topological polar surface area (TPSA) is 40.5 Å². The molecule has 0 radical (unpaired) electrons. The number of nitrogens with zero attached hydrogens (tertiary/aromatic N) is 1. The highest BCUT2D eigenvalue weighted by Gasteiger charge is 2.58. The third kappa shape index (κ3) is 1.29. The van der Waals surface area contributed by atoms with E-state index in [1.165, 1.54) is 0 Å². The number of likely N-dealkylation sites (tertiary alicyclic amines) is 1. The first-order valence-electron chi connectivity index (χ1n) is 5.54. The van der Waals surface area contributed by atoms with Gasteiger partial charge >= 0.3 is 6.09 Å². The molecule has 84 valence electrons. The monoisotopic (exact) mass is 209 g/mol. The first kappa shape index (κ1) is 10.5. The van der Waals surface area contributed by atoms with Crippen molar-refractivity contribution in [1.82, 2.24) is 4.90 Å². The van der Waals surface area contributed by atoms with Crippen molar-refractivity contribution in [3.8, 4) is 0 Å². The molecule has 1 saturated heterocycles. The molecule has 0 aromatic heterocycles. The normalized spacial score (nSPS) is 44.1. The lowest BCUT2D eigenvalue weighted by molar-refractivity contribution is 0.147. The second-order valence-electron chi connectivity index (χ2n) is 5.57. The fraction of sp³-hybridized carbons (Fsp3) is 0.750. The van der Waals surface area contributed by atoms with Crippen LogP contribution in [0.2, 0.25) is 0 Å². The van der Waals surface area contributed by atoms with Gasteiger partial charge in [-0.25, -0.2) is 4.79 Å². The van der Waals surface area contributed by atoms with Crippen molar-refractivity contribution in [2.45, 2.75) is 26.7 Å². The molecule has 3 heteroatoms. The molecule has 3 unspecified atom stereocenters. The Morgan fingerprint density at radius 2 is 2.20 bits per heavy atom. The summed E-state index contributed by atoms with van der Waals surface area (Å²) in [6.07, 6.45) is 3.40. The average molecular weight is 209 g/mol. The van der Waals surface area contributed by atoms with Crippen LogP contribution in [0.3, 0.4) is 0 Å². The predicted molar refractivity (Wildman–Crippen MR) is 58.7 cm³/mol. The zero-order chi connectivity index (χ0) is 11.3. The molecule has 1 saturated carbocycles. The van der Waals surface area contributed by atoms with E-state index in [1.807, 2.05) is 6.08 Å². The number of amides is 1. The average Bonchev–Trinajstić information content (AvgIpc) is 2.51. The van der Waals surface area contributed by atoms with Crippen LogP contribution in [-0.4, -0.2) is 29.2 Å². The van der Waals surface area contributed by atoms with Crippen LogP contribution in [0.25, 0.3) is 0 Å². The van der Waals surface area contributed by atoms with Gasteiger partial charge in [0.05, 0.1) is 0 Å². The molecule has 15 heavy (non-hydrogen) atoms. The van der Waals surface area contributed by atoms with E-state index in [0.717, 1.165) is 12.8 Å². The quantitative estimate of drug-likeness (QED) is 0.674. The Kier molecular flexibility index (Phi) is 2.11. The van der Waals surface area contributed by atoms with Crippen molar-refractivity contribution in [2.75, 3.05) is 13.1 Å². The predicted octanol–water partition coefficient (Wildman–Crippen LogP) is 2.59. The van der Waals surface area contributed by atoms with Gasteiger partial charge < -0.3 is 10.0 Å². The highest BCUT2D eigenvalue weighted by Crippen LogP contribution is 2.60. The third-order valence-corrected chi connectivity index (χ3v) is 4.39. The molecule has 1 N–H and O–H groups in total. The summed E-state index contributed by atoms with van der Waals surface area (Å²) in [7, 11) is 0. The second-order valence-corrected chi connectivity index (χ2v) is 5.57. The van der Waals surface area contributed by atoms with E-state index >= 15 is 0 Å². The van der Waals surface area contributed by atoms with Crippen LogP contribution in [0.15, 0.2) is 12.7 Å². The summed E-state index contributed by atoms with van der Waals surface area (Å²) < 4.78 is 0. The Morgan fingerprint density at radius 3 is 2.67 bits per heavy atom. The molecule has 3 atom stereocenters. The van der Waals surface area contributed by atoms with Crippen molar-refractivity contribution in [1.29, 1.82) is 0 Å². The SMILES string of the molecule is C=CC12CC(C)CC1(C)CN(C(=O)O)C2. The lowest BCUT2D eigenvalue weighted by Gasteiger charge is -2.32. The zero-order valence-electron chi connectivity index (χ0n) is 9.49. The summed E-state index contributed by atoms with van der Waals surface area (Å²) in [6.45, 7) is 9.69. The van der Waals surface area contributed by atoms with Crippen LogP contribution in [0.4, 0.5) is 4.79 Å². The Hall–Kier alpha value is -0.990. The van der Waals surface area contributed by atoms with Crippen LogP contribution >= 0.6 is 0 Å². The fourth-order valence-electron chi connectivity index (χ4n) is 3.74. The molecule has 2 rings (SSSR count). The zero-order valence-corrected chi connectivity index (χ0v) is 9.49. The largest absolute Gasteiger partial charge is 0.465 e. The molecule has 2 aliphatic rings. The maximum Gasteiger partial charge on any atom is 0.407 e. The van der Waals surface area contributed by atoms with E-state index in [4.69, 9.17) is 5.11 Å². The van der Waals surface area contributed by atoms with Gasteiger partial charge in [-0.3, -0.25) is 0 Å². The number of fused-ring (bicyclic) bond motifs is 1. The molecule has 2 fully saturated rings. The van der Waals surface area contributed by atoms with E-state index in [0.29, 0.717) is 19.0 Å². The van der Waals surface area contributed by atoms with Crippen LogP contribution in [0.5, 0.6) is 0 Å². The standard InChI is InChI=1S/C12H19NO2/c1-4-12-6-9(2)5-11(12,3)7-13(8-12)10(14)15/h4,9H,1,5-8H2,2-3H3,(H,14,15). The third-order valence-electron chi connectivity index (χ3n) is 4.39. The molecule has 1 aliphatic carbocycles.